The van der Waals surface area contributed by atoms with Gasteiger partial charge in [0.05, 0.1) is 25.8 Å². The number of rotatable bonds is 6. The normalized spacial score (nSPS) is 19.1. The SMILES string of the molecule is COC(=O)C1=C(CN2CCN(c3ccc(C)cc3)CC2)NC(=O)N[C@H]1c1ccc(OC)cc1. The number of hydrogen-bond donors (Lipinski definition) is 2. The topological polar surface area (TPSA) is 83.1 Å². The number of benzene rings is 2. The zero-order chi connectivity index (χ0) is 23.4. The van der Waals surface area contributed by atoms with Gasteiger partial charge in [-0.2, -0.15) is 0 Å². The van der Waals surface area contributed by atoms with Gasteiger partial charge in [0.1, 0.15) is 5.75 Å². The standard InChI is InChI=1S/C25H30N4O4/c1-17-4-8-19(9-5-17)29-14-12-28(13-15-29)16-21-22(24(30)33-3)23(27-25(31)26-21)18-6-10-20(32-2)11-7-18/h4-11,23H,12-16H2,1-3H3,(H2,26,27,31)/t23-/m0/s1. The van der Waals surface area contributed by atoms with Crippen molar-refractivity contribution < 1.29 is 19.1 Å². The summed E-state index contributed by atoms with van der Waals surface area (Å²) in [6.07, 6.45) is 0. The fourth-order valence-corrected chi connectivity index (χ4v) is 4.28. The summed E-state index contributed by atoms with van der Waals surface area (Å²) in [5.74, 6) is 0.242. The maximum atomic E-state index is 12.8. The van der Waals surface area contributed by atoms with Crippen molar-refractivity contribution in [3.05, 3.63) is 70.9 Å². The molecule has 2 aromatic rings. The second-order valence-electron chi connectivity index (χ2n) is 8.29. The molecular weight excluding hydrogens is 420 g/mol. The van der Waals surface area contributed by atoms with E-state index in [2.05, 4.69) is 51.6 Å². The molecule has 2 aliphatic rings. The van der Waals surface area contributed by atoms with Crippen molar-refractivity contribution >= 4 is 17.7 Å². The molecule has 0 saturated carbocycles. The van der Waals surface area contributed by atoms with Crippen LogP contribution in [0.15, 0.2) is 59.8 Å². The van der Waals surface area contributed by atoms with Gasteiger partial charge in [-0.1, -0.05) is 29.8 Å². The molecule has 174 valence electrons. The molecule has 0 radical (unpaired) electrons. The average molecular weight is 451 g/mol. The van der Waals surface area contributed by atoms with E-state index in [9.17, 15) is 9.59 Å². The van der Waals surface area contributed by atoms with Crippen LogP contribution in [0.3, 0.4) is 0 Å². The molecule has 0 aliphatic carbocycles. The van der Waals surface area contributed by atoms with E-state index in [1.54, 1.807) is 7.11 Å². The molecule has 2 heterocycles. The summed E-state index contributed by atoms with van der Waals surface area (Å²) in [6, 6.07) is 14.9. The van der Waals surface area contributed by atoms with Crippen molar-refractivity contribution in [2.45, 2.75) is 13.0 Å². The molecular formula is C25H30N4O4. The van der Waals surface area contributed by atoms with Crippen molar-refractivity contribution in [2.24, 2.45) is 0 Å². The predicted molar refractivity (Wildman–Crippen MR) is 126 cm³/mol. The largest absolute Gasteiger partial charge is 0.497 e. The quantitative estimate of drug-likeness (QED) is 0.659. The number of nitrogens with zero attached hydrogens (tertiary/aromatic N) is 2. The second-order valence-corrected chi connectivity index (χ2v) is 8.29. The van der Waals surface area contributed by atoms with Crippen LogP contribution in [0.5, 0.6) is 5.75 Å². The van der Waals surface area contributed by atoms with E-state index in [-0.39, 0.29) is 6.03 Å². The lowest BCUT2D eigenvalue weighted by atomic mass is 9.95. The molecule has 0 spiro atoms. The molecule has 2 aromatic carbocycles. The van der Waals surface area contributed by atoms with E-state index in [1.165, 1.54) is 18.4 Å². The fourth-order valence-electron chi connectivity index (χ4n) is 4.28. The van der Waals surface area contributed by atoms with Gasteiger partial charge in [-0.15, -0.1) is 0 Å². The minimum absolute atomic E-state index is 0.336. The van der Waals surface area contributed by atoms with Crippen LogP contribution in [0.25, 0.3) is 0 Å². The Morgan fingerprint density at radius 3 is 2.27 bits per heavy atom. The van der Waals surface area contributed by atoms with Gasteiger partial charge in [-0.25, -0.2) is 9.59 Å². The Balaban J connectivity index is 1.53. The number of urea groups is 1. The van der Waals surface area contributed by atoms with Gasteiger partial charge in [-0.05, 0) is 36.8 Å². The first-order chi connectivity index (χ1) is 16.0. The molecule has 33 heavy (non-hydrogen) atoms. The molecule has 8 heteroatoms. The number of anilines is 1. The van der Waals surface area contributed by atoms with E-state index >= 15 is 0 Å². The van der Waals surface area contributed by atoms with Crippen LogP contribution >= 0.6 is 0 Å². The van der Waals surface area contributed by atoms with Gasteiger partial charge in [0, 0.05) is 44.1 Å². The number of carbonyl (C=O) groups excluding carboxylic acids is 2. The van der Waals surface area contributed by atoms with E-state index in [0.29, 0.717) is 23.6 Å². The van der Waals surface area contributed by atoms with Gasteiger partial charge < -0.3 is 25.0 Å². The predicted octanol–water partition coefficient (Wildman–Crippen LogP) is 2.61. The molecule has 2 amide bonds. The highest BCUT2D eigenvalue weighted by Gasteiger charge is 2.34. The van der Waals surface area contributed by atoms with Gasteiger partial charge in [0.2, 0.25) is 0 Å². The molecule has 0 aromatic heterocycles. The van der Waals surface area contributed by atoms with Crippen LogP contribution in [0, 0.1) is 6.92 Å². The minimum Gasteiger partial charge on any atom is -0.497 e. The zero-order valence-electron chi connectivity index (χ0n) is 19.3. The number of ether oxygens (including phenoxy) is 2. The highest BCUT2D eigenvalue weighted by atomic mass is 16.5. The maximum Gasteiger partial charge on any atom is 0.338 e. The summed E-state index contributed by atoms with van der Waals surface area (Å²) < 4.78 is 10.3. The van der Waals surface area contributed by atoms with E-state index in [1.807, 2.05) is 24.3 Å². The van der Waals surface area contributed by atoms with Crippen LogP contribution in [-0.2, 0) is 9.53 Å². The lowest BCUT2D eigenvalue weighted by Crippen LogP contribution is -2.51. The minimum atomic E-state index is -0.596. The van der Waals surface area contributed by atoms with Crippen LogP contribution < -0.4 is 20.3 Å². The summed E-state index contributed by atoms with van der Waals surface area (Å²) in [4.78, 5) is 29.9. The first-order valence-electron chi connectivity index (χ1n) is 11.1. The summed E-state index contributed by atoms with van der Waals surface area (Å²) in [5.41, 5.74) is 4.24. The molecule has 1 saturated heterocycles. The van der Waals surface area contributed by atoms with E-state index in [4.69, 9.17) is 9.47 Å². The Hall–Kier alpha value is -3.52. The smallest absolute Gasteiger partial charge is 0.338 e. The third-order valence-corrected chi connectivity index (χ3v) is 6.16. The molecule has 0 unspecified atom stereocenters. The Bertz CT molecular complexity index is 1030. The van der Waals surface area contributed by atoms with Crippen molar-refractivity contribution in [3.63, 3.8) is 0 Å². The summed E-state index contributed by atoms with van der Waals surface area (Å²) >= 11 is 0. The van der Waals surface area contributed by atoms with Crippen LogP contribution in [0.2, 0.25) is 0 Å². The van der Waals surface area contributed by atoms with Gasteiger partial charge >= 0.3 is 12.0 Å². The number of esters is 1. The molecule has 8 nitrogen and oxygen atoms in total. The van der Waals surface area contributed by atoms with Gasteiger partial charge in [0.15, 0.2) is 0 Å². The van der Waals surface area contributed by atoms with Gasteiger partial charge in [-0.3, -0.25) is 4.90 Å². The number of hydrogen-bond acceptors (Lipinski definition) is 6. The molecule has 2 aliphatic heterocycles. The number of carbonyl (C=O) groups is 2. The first-order valence-corrected chi connectivity index (χ1v) is 11.1. The van der Waals surface area contributed by atoms with Crippen molar-refractivity contribution in [1.82, 2.24) is 15.5 Å². The lowest BCUT2D eigenvalue weighted by Gasteiger charge is -2.38. The summed E-state index contributed by atoms with van der Waals surface area (Å²) in [7, 11) is 2.95. The molecule has 1 fully saturated rings. The second kappa shape index (κ2) is 9.95. The fraction of sp³-hybridized carbons (Fsp3) is 0.360. The molecule has 2 N–H and O–H groups in total. The van der Waals surface area contributed by atoms with Crippen LogP contribution in [0.1, 0.15) is 17.2 Å². The number of aryl methyl sites for hydroxylation is 1. The summed E-state index contributed by atoms with van der Waals surface area (Å²) in [6.45, 7) is 5.94. The number of amides is 2. The van der Waals surface area contributed by atoms with Crippen molar-refractivity contribution in [2.75, 3.05) is 51.8 Å². The number of nitrogens with one attached hydrogen (secondary N) is 2. The van der Waals surface area contributed by atoms with Crippen LogP contribution in [-0.4, -0.2) is 63.8 Å². The van der Waals surface area contributed by atoms with E-state index in [0.717, 1.165) is 31.7 Å². The van der Waals surface area contributed by atoms with Crippen LogP contribution in [0.4, 0.5) is 10.5 Å². The Morgan fingerprint density at radius 1 is 1.00 bits per heavy atom. The van der Waals surface area contributed by atoms with Gasteiger partial charge in [0.25, 0.3) is 0 Å². The highest BCUT2D eigenvalue weighted by molar-refractivity contribution is 5.95. The third-order valence-electron chi connectivity index (χ3n) is 6.16. The van der Waals surface area contributed by atoms with E-state index < -0.39 is 12.0 Å². The highest BCUT2D eigenvalue weighted by Crippen LogP contribution is 2.29. The van der Waals surface area contributed by atoms with Crippen molar-refractivity contribution in [1.29, 1.82) is 0 Å². The molecule has 4 rings (SSSR count). The first kappa shape index (κ1) is 22.7. The summed E-state index contributed by atoms with van der Waals surface area (Å²) in [5, 5.41) is 5.71. The maximum absolute atomic E-state index is 12.8. The lowest BCUT2D eigenvalue weighted by molar-refractivity contribution is -0.136. The monoisotopic (exact) mass is 450 g/mol. The Labute approximate surface area is 194 Å². The Kier molecular flexibility index (Phi) is 6.84. The zero-order valence-corrected chi connectivity index (χ0v) is 19.3. The number of piperazine rings is 1. The van der Waals surface area contributed by atoms with Crippen molar-refractivity contribution in [3.8, 4) is 5.75 Å². The molecule has 1 atom stereocenters. The molecule has 0 bridgehead atoms. The third kappa shape index (κ3) is 5.12. The Morgan fingerprint density at radius 2 is 1.67 bits per heavy atom. The number of methoxy groups -OCH3 is 2. The average Bonchev–Trinajstić information content (AvgIpc) is 2.84.